The van der Waals surface area contributed by atoms with Crippen molar-refractivity contribution in [2.75, 3.05) is 0 Å². The van der Waals surface area contributed by atoms with Crippen LogP contribution >= 0.6 is 0 Å². The molecule has 2 aliphatic heterocycles. The third-order valence-corrected chi connectivity index (χ3v) is 7.40. The van der Waals surface area contributed by atoms with Crippen LogP contribution in [0.15, 0.2) is 16.9 Å². The van der Waals surface area contributed by atoms with E-state index in [-0.39, 0.29) is 35.7 Å². The molecule has 3 N–H and O–H groups in total. The van der Waals surface area contributed by atoms with E-state index < -0.39 is 17.1 Å². The summed E-state index contributed by atoms with van der Waals surface area (Å²) < 4.78 is 21.3. The van der Waals surface area contributed by atoms with Gasteiger partial charge in [0.2, 0.25) is 0 Å². The topological polar surface area (TPSA) is 107 Å². The average molecular weight is 435 g/mol. The number of aromatic nitrogens is 2. The molecule has 7 nitrogen and oxygen atoms in total. The zero-order chi connectivity index (χ0) is 22.7. The maximum absolute atomic E-state index is 14.7. The van der Waals surface area contributed by atoms with Crippen LogP contribution in [0.5, 0.6) is 0 Å². The molecule has 2 aromatic heterocycles. The number of carbonyl (C=O) groups is 1. The molecule has 3 aliphatic rings. The van der Waals surface area contributed by atoms with Crippen molar-refractivity contribution in [3.8, 4) is 11.4 Å². The summed E-state index contributed by atoms with van der Waals surface area (Å²) in [6.07, 6.45) is 1.30. The van der Waals surface area contributed by atoms with Gasteiger partial charge in [-0.15, -0.1) is 0 Å². The number of hydrogen-bond acceptors (Lipinski definition) is 6. The number of esters is 1. The Kier molecular flexibility index (Phi) is 3.56. The van der Waals surface area contributed by atoms with Crippen molar-refractivity contribution in [2.45, 2.75) is 57.9 Å². The summed E-state index contributed by atoms with van der Waals surface area (Å²) in [5.74, 6) is -1.12. The number of nitrogens with two attached hydrogens (primary N) is 1. The first-order valence-electron chi connectivity index (χ1n) is 10.6. The van der Waals surface area contributed by atoms with Crippen LogP contribution in [0.2, 0.25) is 0 Å². The van der Waals surface area contributed by atoms with E-state index >= 15 is 0 Å². The first-order chi connectivity index (χ1) is 15.0. The van der Waals surface area contributed by atoms with Gasteiger partial charge in [0.25, 0.3) is 5.56 Å². The smallest absolute Gasteiger partial charge is 0.342 e. The van der Waals surface area contributed by atoms with E-state index in [1.807, 2.05) is 6.92 Å². The first kappa shape index (κ1) is 19.6. The second-order valence-electron chi connectivity index (χ2n) is 9.55. The fourth-order valence-electron chi connectivity index (χ4n) is 5.59. The average Bonchev–Trinajstić information content (AvgIpc) is 3.08. The van der Waals surface area contributed by atoms with Gasteiger partial charge in [-0.2, -0.15) is 0 Å². The zero-order valence-electron chi connectivity index (χ0n) is 18.0. The number of cyclic esters (lactones) is 1. The Morgan fingerprint density at radius 2 is 1.97 bits per heavy atom. The van der Waals surface area contributed by atoms with E-state index in [0.29, 0.717) is 35.3 Å². The maximum Gasteiger partial charge on any atom is 0.342 e. The highest BCUT2D eigenvalue weighted by Crippen LogP contribution is 2.46. The monoisotopic (exact) mass is 435 g/mol. The standard InChI is InChI=1S/C24H22FN3O4/c1-10-11-4-5-23(2,26)19-12-8-28-17(20(12)27-16(18(11)19)7-15(10)25)6-14-13(21(28)29)9-32-22(30)24(14,3)31/h6-7,31H,4-5,8-9,26H2,1-3H3/t23?,24-/m0/s1. The van der Waals surface area contributed by atoms with Crippen molar-refractivity contribution in [3.63, 3.8) is 0 Å². The number of rotatable bonds is 0. The molecule has 3 aromatic rings. The number of benzene rings is 1. The van der Waals surface area contributed by atoms with Crippen molar-refractivity contribution in [2.24, 2.45) is 5.73 Å². The third kappa shape index (κ3) is 2.23. The largest absolute Gasteiger partial charge is 0.458 e. The molecule has 1 unspecified atom stereocenters. The van der Waals surface area contributed by atoms with Gasteiger partial charge in [0.15, 0.2) is 5.60 Å². The zero-order valence-corrected chi connectivity index (χ0v) is 18.0. The van der Waals surface area contributed by atoms with Gasteiger partial charge in [-0.3, -0.25) is 4.79 Å². The molecule has 0 saturated heterocycles. The Bertz CT molecular complexity index is 1470. The minimum absolute atomic E-state index is 0.189. The summed E-state index contributed by atoms with van der Waals surface area (Å²) >= 11 is 0. The summed E-state index contributed by atoms with van der Waals surface area (Å²) in [6, 6.07) is 3.06. The predicted molar refractivity (Wildman–Crippen MR) is 114 cm³/mol. The van der Waals surface area contributed by atoms with Gasteiger partial charge in [-0.25, -0.2) is 14.2 Å². The van der Waals surface area contributed by atoms with Gasteiger partial charge in [-0.05, 0) is 56.4 Å². The highest BCUT2D eigenvalue weighted by molar-refractivity contribution is 5.93. The normalized spacial score (nSPS) is 25.4. The Hall–Kier alpha value is -3.10. The minimum atomic E-state index is -1.94. The van der Waals surface area contributed by atoms with Crippen LogP contribution in [0, 0.1) is 12.7 Å². The Balaban J connectivity index is 1.73. The summed E-state index contributed by atoms with van der Waals surface area (Å²) in [5.41, 5.74) is 9.05. The van der Waals surface area contributed by atoms with Crippen LogP contribution in [0.3, 0.4) is 0 Å². The number of halogens is 1. The highest BCUT2D eigenvalue weighted by atomic mass is 19.1. The third-order valence-electron chi connectivity index (χ3n) is 7.40. The van der Waals surface area contributed by atoms with Crippen molar-refractivity contribution < 1.29 is 19.0 Å². The fraction of sp³-hybridized carbons (Fsp3) is 0.375. The molecule has 2 atom stereocenters. The van der Waals surface area contributed by atoms with Crippen LogP contribution in [-0.2, 0) is 40.2 Å². The van der Waals surface area contributed by atoms with E-state index in [2.05, 4.69) is 0 Å². The molecule has 0 radical (unpaired) electrons. The summed E-state index contributed by atoms with van der Waals surface area (Å²) in [7, 11) is 0. The van der Waals surface area contributed by atoms with E-state index in [1.54, 1.807) is 17.6 Å². The number of nitrogens with zero attached hydrogens (tertiary/aromatic N) is 2. The molecule has 0 amide bonds. The van der Waals surface area contributed by atoms with Crippen molar-refractivity contribution in [1.29, 1.82) is 0 Å². The fourth-order valence-corrected chi connectivity index (χ4v) is 5.59. The van der Waals surface area contributed by atoms with Crippen molar-refractivity contribution in [3.05, 3.63) is 61.7 Å². The summed E-state index contributed by atoms with van der Waals surface area (Å²) in [4.78, 5) is 30.3. The Labute approximate surface area is 182 Å². The molecule has 0 fully saturated rings. The highest BCUT2D eigenvalue weighted by Gasteiger charge is 2.44. The van der Waals surface area contributed by atoms with Crippen molar-refractivity contribution >= 4 is 16.9 Å². The van der Waals surface area contributed by atoms with E-state index in [0.717, 1.165) is 22.1 Å². The number of hydrogen-bond donors (Lipinski definition) is 2. The molecule has 6 rings (SSSR count). The van der Waals surface area contributed by atoms with Gasteiger partial charge in [0, 0.05) is 28.1 Å². The molecule has 0 bridgehead atoms. The SMILES string of the molecule is Cc1c(F)cc2nc3c(c4c2c1CCC4(C)N)Cn1c-3cc2c(c1=O)COC(=O)[C@@]2(C)O. The van der Waals surface area contributed by atoms with Gasteiger partial charge < -0.3 is 20.1 Å². The molecular formula is C24H22FN3O4. The van der Waals surface area contributed by atoms with Gasteiger partial charge in [0.05, 0.1) is 29.0 Å². The lowest BCUT2D eigenvalue weighted by Gasteiger charge is -2.34. The van der Waals surface area contributed by atoms with Crippen LogP contribution in [0.1, 0.15) is 53.6 Å². The summed E-state index contributed by atoms with van der Waals surface area (Å²) in [6.45, 7) is 5.13. The second-order valence-corrected chi connectivity index (χ2v) is 9.55. The number of fused-ring (bicyclic) bond motifs is 5. The van der Waals surface area contributed by atoms with Crippen LogP contribution in [-0.4, -0.2) is 20.6 Å². The maximum atomic E-state index is 14.7. The predicted octanol–water partition coefficient (Wildman–Crippen LogP) is 2.26. The molecule has 4 heterocycles. The first-order valence-corrected chi connectivity index (χ1v) is 10.6. The second kappa shape index (κ2) is 5.82. The number of carbonyl (C=O) groups excluding carboxylic acids is 1. The molecule has 0 spiro atoms. The molecule has 0 saturated carbocycles. The van der Waals surface area contributed by atoms with Crippen molar-refractivity contribution in [1.82, 2.24) is 9.55 Å². The molecule has 164 valence electrons. The molecule has 1 aliphatic carbocycles. The number of aliphatic hydroxyl groups is 1. The molecule has 8 heteroatoms. The van der Waals surface area contributed by atoms with Crippen LogP contribution < -0.4 is 11.3 Å². The molecule has 1 aromatic carbocycles. The van der Waals surface area contributed by atoms with Crippen LogP contribution in [0.25, 0.3) is 22.3 Å². The lowest BCUT2D eigenvalue weighted by atomic mass is 9.75. The number of pyridine rings is 2. The Morgan fingerprint density at radius 1 is 1.22 bits per heavy atom. The number of ether oxygens (including phenoxy) is 1. The van der Waals surface area contributed by atoms with E-state index in [1.165, 1.54) is 13.0 Å². The lowest BCUT2D eigenvalue weighted by Crippen LogP contribution is -2.42. The minimum Gasteiger partial charge on any atom is -0.458 e. The quantitative estimate of drug-likeness (QED) is 0.410. The Morgan fingerprint density at radius 3 is 2.72 bits per heavy atom. The van der Waals surface area contributed by atoms with E-state index in [4.69, 9.17) is 15.5 Å². The van der Waals surface area contributed by atoms with Crippen LogP contribution in [0.4, 0.5) is 4.39 Å². The molecular weight excluding hydrogens is 413 g/mol. The lowest BCUT2D eigenvalue weighted by molar-refractivity contribution is -0.169. The van der Waals surface area contributed by atoms with Gasteiger partial charge in [-0.1, -0.05) is 0 Å². The van der Waals surface area contributed by atoms with Gasteiger partial charge >= 0.3 is 5.97 Å². The van der Waals surface area contributed by atoms with E-state index in [9.17, 15) is 19.1 Å². The summed E-state index contributed by atoms with van der Waals surface area (Å²) in [5, 5.41) is 11.6. The number of aryl methyl sites for hydroxylation is 1. The molecule has 32 heavy (non-hydrogen) atoms. The van der Waals surface area contributed by atoms with Gasteiger partial charge in [0.1, 0.15) is 12.4 Å².